The minimum atomic E-state index is 0.230. The Bertz CT molecular complexity index is 475. The molecule has 2 N–H and O–H groups in total. The second-order valence-electron chi connectivity index (χ2n) is 3.56. The Morgan fingerprint density at radius 3 is 2.81 bits per heavy atom. The molecule has 0 amide bonds. The highest BCUT2D eigenvalue weighted by atomic mass is 35.5. The molecule has 2 aromatic rings. The van der Waals surface area contributed by atoms with Crippen molar-refractivity contribution in [3.05, 3.63) is 45.1 Å². The number of hydrogen-bond acceptors (Lipinski definition) is 3. The van der Waals surface area contributed by atoms with Crippen LogP contribution in [0.3, 0.4) is 0 Å². The summed E-state index contributed by atoms with van der Waals surface area (Å²) in [5.74, 6) is 0.230. The standard InChI is InChI=1S/C12H12ClNOS/c1-8-6-16-7-11(8)14-5-9-10(13)3-2-4-12(9)15/h2-4,6-7,14-15H,5H2,1H3. The van der Waals surface area contributed by atoms with E-state index in [1.165, 1.54) is 5.56 Å². The van der Waals surface area contributed by atoms with Crippen LogP contribution < -0.4 is 5.32 Å². The molecule has 0 aliphatic rings. The minimum absolute atomic E-state index is 0.230. The summed E-state index contributed by atoms with van der Waals surface area (Å²) in [6.45, 7) is 2.58. The molecule has 0 unspecified atom stereocenters. The first-order valence-electron chi connectivity index (χ1n) is 4.91. The summed E-state index contributed by atoms with van der Waals surface area (Å²) >= 11 is 7.66. The van der Waals surface area contributed by atoms with Crippen molar-refractivity contribution in [2.24, 2.45) is 0 Å². The van der Waals surface area contributed by atoms with E-state index in [4.69, 9.17) is 11.6 Å². The summed E-state index contributed by atoms with van der Waals surface area (Å²) in [5.41, 5.74) is 3.02. The zero-order valence-corrected chi connectivity index (χ0v) is 10.4. The molecule has 0 fully saturated rings. The smallest absolute Gasteiger partial charge is 0.122 e. The molecule has 1 aromatic carbocycles. The van der Waals surface area contributed by atoms with Crippen molar-refractivity contribution in [1.29, 1.82) is 0 Å². The zero-order valence-electron chi connectivity index (χ0n) is 8.83. The molecule has 16 heavy (non-hydrogen) atoms. The van der Waals surface area contributed by atoms with Gasteiger partial charge in [-0.3, -0.25) is 0 Å². The van der Waals surface area contributed by atoms with Gasteiger partial charge >= 0.3 is 0 Å². The van der Waals surface area contributed by atoms with Crippen molar-refractivity contribution in [3.8, 4) is 5.75 Å². The molecule has 0 saturated carbocycles. The molecule has 0 aliphatic heterocycles. The average Bonchev–Trinajstić information content (AvgIpc) is 2.64. The lowest BCUT2D eigenvalue weighted by Gasteiger charge is -2.09. The number of hydrogen-bond donors (Lipinski definition) is 2. The van der Waals surface area contributed by atoms with E-state index in [-0.39, 0.29) is 5.75 Å². The molecule has 2 nitrogen and oxygen atoms in total. The number of aromatic hydroxyl groups is 1. The molecule has 0 aliphatic carbocycles. The van der Waals surface area contributed by atoms with Gasteiger partial charge in [0.05, 0.1) is 0 Å². The molecule has 0 radical (unpaired) electrons. The maximum atomic E-state index is 9.67. The molecule has 84 valence electrons. The predicted molar refractivity (Wildman–Crippen MR) is 69.5 cm³/mol. The SMILES string of the molecule is Cc1cscc1NCc1c(O)cccc1Cl. The van der Waals surface area contributed by atoms with Gasteiger partial charge in [0.2, 0.25) is 0 Å². The maximum Gasteiger partial charge on any atom is 0.122 e. The van der Waals surface area contributed by atoms with Crippen LogP contribution in [-0.4, -0.2) is 5.11 Å². The number of thiophene rings is 1. The number of rotatable bonds is 3. The lowest BCUT2D eigenvalue weighted by atomic mass is 10.2. The van der Waals surface area contributed by atoms with E-state index in [1.807, 2.05) is 12.3 Å². The van der Waals surface area contributed by atoms with Crippen molar-refractivity contribution in [2.75, 3.05) is 5.32 Å². The number of anilines is 1. The van der Waals surface area contributed by atoms with Gasteiger partial charge in [-0.25, -0.2) is 0 Å². The average molecular weight is 254 g/mol. The Kier molecular flexibility index (Phi) is 3.36. The van der Waals surface area contributed by atoms with Crippen LogP contribution in [0.2, 0.25) is 5.02 Å². The van der Waals surface area contributed by atoms with Gasteiger partial charge in [-0.05, 0) is 30.0 Å². The van der Waals surface area contributed by atoms with Crippen molar-refractivity contribution in [1.82, 2.24) is 0 Å². The number of halogens is 1. The first-order chi connectivity index (χ1) is 7.68. The minimum Gasteiger partial charge on any atom is -0.508 e. The summed E-state index contributed by atoms with van der Waals surface area (Å²) in [4.78, 5) is 0. The Morgan fingerprint density at radius 2 is 2.19 bits per heavy atom. The Labute approximate surface area is 104 Å². The van der Waals surface area contributed by atoms with Crippen LogP contribution in [0.25, 0.3) is 0 Å². The highest BCUT2D eigenvalue weighted by Crippen LogP contribution is 2.27. The van der Waals surface area contributed by atoms with E-state index in [0.29, 0.717) is 11.6 Å². The second-order valence-corrected chi connectivity index (χ2v) is 4.71. The second kappa shape index (κ2) is 4.76. The summed E-state index contributed by atoms with van der Waals surface area (Å²) in [6.07, 6.45) is 0. The van der Waals surface area contributed by atoms with Gasteiger partial charge in [0.15, 0.2) is 0 Å². The van der Waals surface area contributed by atoms with E-state index in [1.54, 1.807) is 29.5 Å². The van der Waals surface area contributed by atoms with E-state index < -0.39 is 0 Å². The quantitative estimate of drug-likeness (QED) is 0.866. The summed E-state index contributed by atoms with van der Waals surface area (Å²) < 4.78 is 0. The maximum absolute atomic E-state index is 9.67. The van der Waals surface area contributed by atoms with E-state index in [9.17, 15) is 5.11 Å². The van der Waals surface area contributed by atoms with Crippen molar-refractivity contribution >= 4 is 28.6 Å². The van der Waals surface area contributed by atoms with Gasteiger partial charge in [-0.2, -0.15) is 0 Å². The first kappa shape index (κ1) is 11.3. The third kappa shape index (κ3) is 2.31. The largest absolute Gasteiger partial charge is 0.508 e. The summed E-state index contributed by atoms with van der Waals surface area (Å²) in [5, 5.41) is 17.6. The van der Waals surface area contributed by atoms with Crippen molar-refractivity contribution in [3.63, 3.8) is 0 Å². The summed E-state index contributed by atoms with van der Waals surface area (Å²) in [7, 11) is 0. The number of nitrogens with one attached hydrogen (secondary N) is 1. The van der Waals surface area contributed by atoms with Gasteiger partial charge < -0.3 is 10.4 Å². The van der Waals surface area contributed by atoms with Crippen molar-refractivity contribution in [2.45, 2.75) is 13.5 Å². The van der Waals surface area contributed by atoms with Crippen molar-refractivity contribution < 1.29 is 5.11 Å². The molecular weight excluding hydrogens is 242 g/mol. The number of benzene rings is 1. The molecule has 0 atom stereocenters. The van der Waals surface area contributed by atoms with Crippen LogP contribution in [0.1, 0.15) is 11.1 Å². The molecule has 1 aromatic heterocycles. The Morgan fingerprint density at radius 1 is 1.38 bits per heavy atom. The number of phenolic OH excluding ortho intramolecular Hbond substituents is 1. The monoisotopic (exact) mass is 253 g/mol. The highest BCUT2D eigenvalue weighted by Gasteiger charge is 2.06. The highest BCUT2D eigenvalue weighted by molar-refractivity contribution is 7.08. The van der Waals surface area contributed by atoms with Gasteiger partial charge in [0, 0.05) is 28.2 Å². The molecule has 0 spiro atoms. The number of aryl methyl sites for hydroxylation is 1. The van der Waals surface area contributed by atoms with Crippen LogP contribution in [0, 0.1) is 6.92 Å². The molecule has 0 saturated heterocycles. The fourth-order valence-corrected chi connectivity index (χ4v) is 2.49. The van der Waals surface area contributed by atoms with E-state index in [2.05, 4.69) is 10.7 Å². The summed E-state index contributed by atoms with van der Waals surface area (Å²) in [6, 6.07) is 5.15. The molecule has 0 bridgehead atoms. The van der Waals surface area contributed by atoms with Crippen LogP contribution in [0.15, 0.2) is 29.0 Å². The predicted octanol–water partition coefficient (Wildman–Crippen LogP) is 4.03. The fourth-order valence-electron chi connectivity index (χ4n) is 1.45. The van der Waals surface area contributed by atoms with Gasteiger partial charge in [0.25, 0.3) is 0 Å². The Hall–Kier alpha value is -1.19. The van der Waals surface area contributed by atoms with Gasteiger partial charge in [-0.15, -0.1) is 11.3 Å². The van der Waals surface area contributed by atoms with Gasteiger partial charge in [-0.1, -0.05) is 17.7 Å². The van der Waals surface area contributed by atoms with E-state index in [0.717, 1.165) is 11.3 Å². The topological polar surface area (TPSA) is 32.3 Å². The molecule has 4 heteroatoms. The number of phenols is 1. The van der Waals surface area contributed by atoms with Crippen LogP contribution >= 0.6 is 22.9 Å². The Balaban J connectivity index is 2.14. The van der Waals surface area contributed by atoms with Gasteiger partial charge in [0.1, 0.15) is 5.75 Å². The first-order valence-corrected chi connectivity index (χ1v) is 6.23. The lowest BCUT2D eigenvalue weighted by Crippen LogP contribution is -2.00. The third-order valence-corrected chi connectivity index (χ3v) is 3.62. The molecule has 2 rings (SSSR count). The lowest BCUT2D eigenvalue weighted by molar-refractivity contribution is 0.469. The van der Waals surface area contributed by atoms with Crippen LogP contribution in [0.5, 0.6) is 5.75 Å². The van der Waals surface area contributed by atoms with E-state index >= 15 is 0 Å². The fraction of sp³-hybridized carbons (Fsp3) is 0.167. The third-order valence-electron chi connectivity index (χ3n) is 2.41. The molecule has 1 heterocycles. The van der Waals surface area contributed by atoms with Crippen LogP contribution in [-0.2, 0) is 6.54 Å². The zero-order chi connectivity index (χ0) is 11.5. The normalized spacial score (nSPS) is 10.4. The molecular formula is C12H12ClNOS. The van der Waals surface area contributed by atoms with Crippen LogP contribution in [0.4, 0.5) is 5.69 Å².